The molecule has 0 spiro atoms. The van der Waals surface area contributed by atoms with Gasteiger partial charge in [0.25, 0.3) is 5.92 Å². The highest BCUT2D eigenvalue weighted by Crippen LogP contribution is 2.32. The Morgan fingerprint density at radius 2 is 1.91 bits per heavy atom. The average molecular weight is 337 g/mol. The molecule has 7 heteroatoms. The summed E-state index contributed by atoms with van der Waals surface area (Å²) in [4.78, 5) is 0. The molecule has 0 heterocycles. The molecule has 0 saturated heterocycles. The van der Waals surface area contributed by atoms with E-state index >= 15 is 0 Å². The number of hydrogen-bond donors (Lipinski definition) is 2. The van der Waals surface area contributed by atoms with Crippen LogP contribution in [0.2, 0.25) is 0 Å². The second-order valence-corrected chi connectivity index (χ2v) is 8.25. The second-order valence-electron chi connectivity index (χ2n) is 6.20. The number of nitrogens with one attached hydrogen (secondary N) is 1. The lowest BCUT2D eigenvalue weighted by molar-refractivity contribution is -0.0584. The van der Waals surface area contributed by atoms with Crippen molar-refractivity contribution in [1.82, 2.24) is 4.72 Å². The molecule has 0 radical (unpaired) electrons. The van der Waals surface area contributed by atoms with E-state index in [1.807, 2.05) is 0 Å². The number of alkyl halides is 2. The minimum absolute atomic E-state index is 0.101. The average Bonchev–Trinajstić information content (AvgIpc) is 2.43. The van der Waals surface area contributed by atoms with E-state index in [0.717, 1.165) is 6.07 Å². The minimum atomic E-state index is -3.62. The number of rotatable bonds is 6. The summed E-state index contributed by atoms with van der Waals surface area (Å²) < 4.78 is 55.5. The summed E-state index contributed by atoms with van der Waals surface area (Å²) >= 11 is -1.32. The summed E-state index contributed by atoms with van der Waals surface area (Å²) in [7, 11) is 0. The lowest BCUT2D eigenvalue weighted by Crippen LogP contribution is -2.40. The first kappa shape index (κ1) is 19.3. The van der Waals surface area contributed by atoms with Crippen molar-refractivity contribution in [2.75, 3.05) is 13.2 Å². The van der Waals surface area contributed by atoms with Gasteiger partial charge in [-0.1, -0.05) is 19.1 Å². The van der Waals surface area contributed by atoms with Crippen molar-refractivity contribution in [2.24, 2.45) is 0 Å². The van der Waals surface area contributed by atoms with Gasteiger partial charge in [0, 0.05) is 23.8 Å². The molecule has 2 N–H and O–H groups in total. The Morgan fingerprint density at radius 1 is 1.32 bits per heavy atom. The molecule has 22 heavy (non-hydrogen) atoms. The predicted octanol–water partition coefficient (Wildman–Crippen LogP) is 3.07. The molecule has 0 amide bonds. The van der Waals surface area contributed by atoms with Gasteiger partial charge in [0.2, 0.25) is 0 Å². The van der Waals surface area contributed by atoms with E-state index in [2.05, 4.69) is 4.72 Å². The van der Waals surface area contributed by atoms with E-state index in [1.54, 1.807) is 27.7 Å². The summed E-state index contributed by atoms with van der Waals surface area (Å²) in [6.07, 6.45) is 0. The molecule has 0 unspecified atom stereocenters. The second kappa shape index (κ2) is 7.21. The highest BCUT2D eigenvalue weighted by Gasteiger charge is 2.35. The van der Waals surface area contributed by atoms with Crippen LogP contribution in [0.5, 0.6) is 0 Å². The first-order valence-corrected chi connectivity index (χ1v) is 8.08. The molecule has 126 valence electrons. The van der Waals surface area contributed by atoms with Crippen LogP contribution in [0.25, 0.3) is 0 Å². The SMILES string of the molecule is C[C@@H](CN[S@+]([O-])C(C)(C)C)c1cccc(C(F)(F)CO)c1F. The molecule has 1 aromatic rings. The summed E-state index contributed by atoms with van der Waals surface area (Å²) in [5.74, 6) is -5.10. The van der Waals surface area contributed by atoms with Crippen molar-refractivity contribution in [2.45, 2.75) is 44.3 Å². The van der Waals surface area contributed by atoms with Gasteiger partial charge in [-0.2, -0.15) is 8.78 Å². The van der Waals surface area contributed by atoms with Gasteiger partial charge < -0.3 is 9.66 Å². The van der Waals surface area contributed by atoms with Gasteiger partial charge in [0.15, 0.2) is 0 Å². The number of benzene rings is 1. The largest absolute Gasteiger partial charge is 0.598 e. The van der Waals surface area contributed by atoms with Gasteiger partial charge in [0.05, 0.1) is 5.56 Å². The Morgan fingerprint density at radius 3 is 2.41 bits per heavy atom. The van der Waals surface area contributed by atoms with E-state index in [4.69, 9.17) is 5.11 Å². The maximum Gasteiger partial charge on any atom is 0.298 e. The van der Waals surface area contributed by atoms with Crippen molar-refractivity contribution >= 4 is 11.4 Å². The van der Waals surface area contributed by atoms with Crippen molar-refractivity contribution in [1.29, 1.82) is 0 Å². The topological polar surface area (TPSA) is 55.3 Å². The first-order chi connectivity index (χ1) is 10.0. The molecular weight excluding hydrogens is 315 g/mol. The Balaban J connectivity index is 2.91. The van der Waals surface area contributed by atoms with Crippen LogP contribution in [0, 0.1) is 5.82 Å². The quantitative estimate of drug-likeness (QED) is 0.785. The predicted molar refractivity (Wildman–Crippen MR) is 81.7 cm³/mol. The molecule has 3 nitrogen and oxygen atoms in total. The lowest BCUT2D eigenvalue weighted by atomic mass is 9.96. The van der Waals surface area contributed by atoms with Crippen molar-refractivity contribution in [3.63, 3.8) is 0 Å². The first-order valence-electron chi connectivity index (χ1n) is 6.93. The molecule has 1 rings (SSSR count). The number of aliphatic hydroxyl groups is 1. The fraction of sp³-hybridized carbons (Fsp3) is 0.600. The van der Waals surface area contributed by atoms with Crippen LogP contribution in [0.4, 0.5) is 13.2 Å². The van der Waals surface area contributed by atoms with Crippen LogP contribution >= 0.6 is 0 Å². The minimum Gasteiger partial charge on any atom is -0.598 e. The van der Waals surface area contributed by atoms with E-state index in [-0.39, 0.29) is 12.1 Å². The van der Waals surface area contributed by atoms with Gasteiger partial charge in [-0.05, 0) is 32.4 Å². The van der Waals surface area contributed by atoms with Crippen molar-refractivity contribution < 1.29 is 22.8 Å². The molecule has 0 aliphatic heterocycles. The zero-order valence-corrected chi connectivity index (χ0v) is 13.9. The Labute approximate surface area is 132 Å². The van der Waals surface area contributed by atoms with Gasteiger partial charge in [-0.25, -0.2) is 4.39 Å². The van der Waals surface area contributed by atoms with E-state index < -0.39 is 45.9 Å². The smallest absolute Gasteiger partial charge is 0.298 e. The van der Waals surface area contributed by atoms with Crippen LogP contribution in [0.15, 0.2) is 18.2 Å². The van der Waals surface area contributed by atoms with Gasteiger partial charge >= 0.3 is 0 Å². The monoisotopic (exact) mass is 337 g/mol. The molecule has 0 aliphatic carbocycles. The maximum atomic E-state index is 14.3. The van der Waals surface area contributed by atoms with E-state index in [0.29, 0.717) is 0 Å². The maximum absolute atomic E-state index is 14.3. The van der Waals surface area contributed by atoms with Gasteiger partial charge in [0.1, 0.15) is 17.2 Å². The molecule has 0 fully saturated rings. The third-order valence-corrected chi connectivity index (χ3v) is 4.77. The highest BCUT2D eigenvalue weighted by molar-refractivity contribution is 7.90. The summed E-state index contributed by atoms with van der Waals surface area (Å²) in [6, 6.07) is 3.70. The molecule has 1 aromatic carbocycles. The van der Waals surface area contributed by atoms with Crippen LogP contribution in [-0.2, 0) is 17.3 Å². The third-order valence-electron chi connectivity index (χ3n) is 3.23. The Bertz CT molecular complexity index is 506. The summed E-state index contributed by atoms with van der Waals surface area (Å²) in [6.45, 7) is 5.78. The number of hydrogen-bond acceptors (Lipinski definition) is 3. The molecule has 0 saturated carbocycles. The van der Waals surface area contributed by atoms with E-state index in [9.17, 15) is 17.7 Å². The fourth-order valence-corrected chi connectivity index (χ4v) is 2.66. The summed E-state index contributed by atoms with van der Waals surface area (Å²) in [5, 5.41) is 8.70. The molecule has 0 aromatic heterocycles. The normalized spacial score (nSPS) is 15.7. The standard InChI is InChI=1S/C15H22F3NO2S/c1-10(8-19-22(21)14(2,3)4)11-6-5-7-12(13(11)16)15(17,18)9-20/h5-7,10,19-20H,8-9H2,1-4H3/t10-,22+/m0/s1. The van der Waals surface area contributed by atoms with Gasteiger partial charge in [-0.15, -0.1) is 4.72 Å². The molecule has 0 bridgehead atoms. The van der Waals surface area contributed by atoms with E-state index in [1.165, 1.54) is 12.1 Å². The van der Waals surface area contributed by atoms with Crippen molar-refractivity contribution in [3.8, 4) is 0 Å². The third kappa shape index (κ3) is 4.62. The Kier molecular flexibility index (Phi) is 6.32. The lowest BCUT2D eigenvalue weighted by Gasteiger charge is -2.25. The van der Waals surface area contributed by atoms with Crippen LogP contribution < -0.4 is 4.72 Å². The fourth-order valence-electron chi connectivity index (χ4n) is 1.83. The summed E-state index contributed by atoms with van der Waals surface area (Å²) in [5.41, 5.74) is -0.722. The van der Waals surface area contributed by atoms with Crippen molar-refractivity contribution in [3.05, 3.63) is 35.1 Å². The highest BCUT2D eigenvalue weighted by atomic mass is 32.2. The molecule has 0 aliphatic rings. The zero-order valence-electron chi connectivity index (χ0n) is 13.1. The van der Waals surface area contributed by atoms with Crippen LogP contribution in [0.1, 0.15) is 44.7 Å². The van der Waals surface area contributed by atoms with Crippen LogP contribution in [0.3, 0.4) is 0 Å². The number of halogens is 3. The zero-order chi connectivity index (χ0) is 17.1. The molecular formula is C15H22F3NO2S. The van der Waals surface area contributed by atoms with Gasteiger partial charge in [-0.3, -0.25) is 0 Å². The Hall–Kier alpha value is -0.760. The van der Waals surface area contributed by atoms with Crippen LogP contribution in [-0.4, -0.2) is 27.6 Å². The molecule has 2 atom stereocenters. The number of aliphatic hydroxyl groups excluding tert-OH is 1.